The van der Waals surface area contributed by atoms with E-state index in [1.54, 1.807) is 12.3 Å². The average Bonchev–Trinajstić information content (AvgIpc) is 2.43. The molecule has 0 fully saturated rings. The lowest BCUT2D eigenvalue weighted by atomic mass is 10.1. The molecule has 0 radical (unpaired) electrons. The topological polar surface area (TPSA) is 46.9 Å². The summed E-state index contributed by atoms with van der Waals surface area (Å²) >= 11 is 3.30. The van der Waals surface area contributed by atoms with Crippen molar-refractivity contribution in [3.8, 4) is 0 Å². The molecule has 0 aliphatic rings. The molecule has 1 atom stereocenters. The molecule has 0 aliphatic carbocycles. The highest BCUT2D eigenvalue weighted by molar-refractivity contribution is 9.10. The first kappa shape index (κ1) is 15.7. The molecule has 2 aromatic rings. The Morgan fingerprint density at radius 2 is 2.05 bits per heavy atom. The third-order valence-electron chi connectivity index (χ3n) is 3.15. The zero-order chi connectivity index (χ0) is 15.6. The lowest BCUT2D eigenvalue weighted by Crippen LogP contribution is -2.26. The number of hydrogen-bond donors (Lipinski definition) is 1. The lowest BCUT2D eigenvalue weighted by molar-refractivity contribution is 0.501. The number of halogens is 2. The van der Waals surface area contributed by atoms with Crippen LogP contribution < -0.4 is 10.9 Å². The second kappa shape index (κ2) is 6.39. The molecule has 21 heavy (non-hydrogen) atoms. The van der Waals surface area contributed by atoms with Gasteiger partial charge in [-0.25, -0.2) is 9.07 Å². The summed E-state index contributed by atoms with van der Waals surface area (Å²) in [5.74, 6) is -0.284. The highest BCUT2D eigenvalue weighted by atomic mass is 79.9. The first-order chi connectivity index (χ1) is 9.90. The van der Waals surface area contributed by atoms with Crippen molar-refractivity contribution in [3.05, 3.63) is 56.7 Å². The molecule has 1 unspecified atom stereocenters. The van der Waals surface area contributed by atoms with Gasteiger partial charge in [-0.1, -0.05) is 12.1 Å². The van der Waals surface area contributed by atoms with Gasteiger partial charge < -0.3 is 5.32 Å². The quantitative estimate of drug-likeness (QED) is 0.906. The van der Waals surface area contributed by atoms with Crippen molar-refractivity contribution < 1.29 is 4.39 Å². The summed E-state index contributed by atoms with van der Waals surface area (Å²) in [5.41, 5.74) is 1.20. The minimum absolute atomic E-state index is 0.0107. The minimum Gasteiger partial charge on any atom is -0.376 e. The van der Waals surface area contributed by atoms with Crippen LogP contribution in [0.2, 0.25) is 0 Å². The van der Waals surface area contributed by atoms with E-state index in [4.69, 9.17) is 0 Å². The summed E-state index contributed by atoms with van der Waals surface area (Å²) in [7, 11) is 0. The number of anilines is 1. The molecule has 112 valence electrons. The summed E-state index contributed by atoms with van der Waals surface area (Å²) in [6.07, 6.45) is 1.60. The maximum atomic E-state index is 13.2. The molecule has 0 bridgehead atoms. The van der Waals surface area contributed by atoms with E-state index in [9.17, 15) is 9.18 Å². The molecule has 4 nitrogen and oxygen atoms in total. The molecular weight excluding hydrogens is 337 g/mol. The first-order valence-corrected chi connectivity index (χ1v) is 7.48. The van der Waals surface area contributed by atoms with E-state index in [-0.39, 0.29) is 23.5 Å². The largest absolute Gasteiger partial charge is 0.376 e. The van der Waals surface area contributed by atoms with Gasteiger partial charge in [-0.3, -0.25) is 4.79 Å². The molecule has 1 heterocycles. The molecule has 1 aromatic carbocycles. The second-order valence-corrected chi connectivity index (χ2v) is 5.93. The highest BCUT2D eigenvalue weighted by Gasteiger charge is 2.13. The Morgan fingerprint density at radius 3 is 2.67 bits per heavy atom. The number of hydrogen-bond acceptors (Lipinski definition) is 3. The normalized spacial score (nSPS) is 12.5. The van der Waals surface area contributed by atoms with E-state index in [2.05, 4.69) is 26.3 Å². The van der Waals surface area contributed by atoms with Gasteiger partial charge in [0.05, 0.1) is 17.9 Å². The Bertz CT molecular complexity index is 700. The van der Waals surface area contributed by atoms with E-state index < -0.39 is 0 Å². The van der Waals surface area contributed by atoms with E-state index >= 15 is 0 Å². The standard InChI is InChI=1S/C15H17BrFN3O/c1-9(2)20-15(21)14(16)13(8-18-20)19-10(3)11-5-4-6-12(17)7-11/h4-10,19H,1-3H3. The van der Waals surface area contributed by atoms with Gasteiger partial charge in [0.15, 0.2) is 0 Å². The van der Waals surface area contributed by atoms with Gasteiger partial charge in [0.2, 0.25) is 0 Å². The van der Waals surface area contributed by atoms with E-state index in [0.717, 1.165) is 5.56 Å². The fourth-order valence-electron chi connectivity index (χ4n) is 2.01. The molecule has 1 aromatic heterocycles. The predicted molar refractivity (Wildman–Crippen MR) is 85.0 cm³/mol. The monoisotopic (exact) mass is 353 g/mol. The molecular formula is C15H17BrFN3O. The Labute approximate surface area is 131 Å². The van der Waals surface area contributed by atoms with Crippen molar-refractivity contribution >= 4 is 21.6 Å². The molecule has 1 N–H and O–H groups in total. The minimum atomic E-state index is -0.284. The highest BCUT2D eigenvalue weighted by Crippen LogP contribution is 2.23. The fraction of sp³-hybridized carbons (Fsp3) is 0.333. The van der Waals surface area contributed by atoms with Gasteiger partial charge in [0.1, 0.15) is 10.3 Å². The van der Waals surface area contributed by atoms with E-state index in [1.165, 1.54) is 16.8 Å². The average molecular weight is 354 g/mol. The van der Waals surface area contributed by atoms with Crippen LogP contribution in [0.3, 0.4) is 0 Å². The number of nitrogens with zero attached hydrogens (tertiary/aromatic N) is 2. The van der Waals surface area contributed by atoms with Crippen molar-refractivity contribution in [2.45, 2.75) is 32.9 Å². The van der Waals surface area contributed by atoms with Crippen molar-refractivity contribution in [1.29, 1.82) is 0 Å². The van der Waals surface area contributed by atoms with Crippen LogP contribution in [-0.4, -0.2) is 9.78 Å². The summed E-state index contributed by atoms with van der Waals surface area (Å²) in [6, 6.07) is 6.20. The van der Waals surface area contributed by atoms with Crippen molar-refractivity contribution in [2.24, 2.45) is 0 Å². The molecule has 2 rings (SSSR count). The molecule has 6 heteroatoms. The number of aromatic nitrogens is 2. The van der Waals surface area contributed by atoms with Gasteiger partial charge >= 0.3 is 0 Å². The molecule has 0 aliphatic heterocycles. The van der Waals surface area contributed by atoms with Gasteiger partial charge in [-0.05, 0) is 54.4 Å². The Morgan fingerprint density at radius 1 is 1.33 bits per heavy atom. The smallest absolute Gasteiger partial charge is 0.283 e. The molecule has 0 saturated heterocycles. The maximum Gasteiger partial charge on any atom is 0.283 e. The zero-order valence-electron chi connectivity index (χ0n) is 12.1. The summed E-state index contributed by atoms with van der Waals surface area (Å²) in [6.45, 7) is 5.68. The van der Waals surface area contributed by atoms with Crippen LogP contribution in [0.25, 0.3) is 0 Å². The van der Waals surface area contributed by atoms with Gasteiger partial charge in [-0.2, -0.15) is 5.10 Å². The van der Waals surface area contributed by atoms with Crippen LogP contribution in [0.15, 0.2) is 39.7 Å². The Hall–Kier alpha value is -1.69. The van der Waals surface area contributed by atoms with Crippen molar-refractivity contribution in [3.63, 3.8) is 0 Å². The molecule has 0 spiro atoms. The Kier molecular flexibility index (Phi) is 4.77. The molecule has 0 saturated carbocycles. The van der Waals surface area contributed by atoms with E-state index in [1.807, 2.05) is 26.8 Å². The summed E-state index contributed by atoms with van der Waals surface area (Å²) in [4.78, 5) is 12.2. The van der Waals surface area contributed by atoms with Crippen LogP contribution in [0, 0.1) is 5.82 Å². The summed E-state index contributed by atoms with van der Waals surface area (Å²) < 4.78 is 15.1. The van der Waals surface area contributed by atoms with Crippen molar-refractivity contribution in [2.75, 3.05) is 5.32 Å². The van der Waals surface area contributed by atoms with Crippen LogP contribution in [0.4, 0.5) is 10.1 Å². The van der Waals surface area contributed by atoms with Gasteiger partial charge in [-0.15, -0.1) is 0 Å². The third-order valence-corrected chi connectivity index (χ3v) is 3.92. The van der Waals surface area contributed by atoms with Gasteiger partial charge in [0.25, 0.3) is 5.56 Å². The van der Waals surface area contributed by atoms with Crippen molar-refractivity contribution in [1.82, 2.24) is 9.78 Å². The fourth-order valence-corrected chi connectivity index (χ4v) is 2.40. The number of nitrogens with one attached hydrogen (secondary N) is 1. The van der Waals surface area contributed by atoms with Crippen LogP contribution in [-0.2, 0) is 0 Å². The van der Waals surface area contributed by atoms with Crippen LogP contribution in [0.5, 0.6) is 0 Å². The molecule has 0 amide bonds. The number of benzene rings is 1. The SMILES string of the molecule is CC(Nc1cnn(C(C)C)c(=O)c1Br)c1cccc(F)c1. The summed E-state index contributed by atoms with van der Waals surface area (Å²) in [5, 5.41) is 7.31. The predicted octanol–water partition coefficient (Wildman–Crippen LogP) is 3.90. The first-order valence-electron chi connectivity index (χ1n) is 6.69. The zero-order valence-corrected chi connectivity index (χ0v) is 13.7. The maximum absolute atomic E-state index is 13.2. The van der Waals surface area contributed by atoms with E-state index in [0.29, 0.717) is 10.2 Å². The van der Waals surface area contributed by atoms with Gasteiger partial charge in [0, 0.05) is 6.04 Å². The number of rotatable bonds is 4. The third kappa shape index (κ3) is 3.50. The second-order valence-electron chi connectivity index (χ2n) is 5.14. The lowest BCUT2D eigenvalue weighted by Gasteiger charge is -2.17. The van der Waals surface area contributed by atoms with Crippen LogP contribution >= 0.6 is 15.9 Å². The Balaban J connectivity index is 2.28. The van der Waals surface area contributed by atoms with Crippen LogP contribution in [0.1, 0.15) is 38.4 Å².